The first-order valence-corrected chi connectivity index (χ1v) is 13.2. The first kappa shape index (κ1) is 32.6. The number of rotatable bonds is 18. The lowest BCUT2D eigenvalue weighted by Gasteiger charge is -2.25. The van der Waals surface area contributed by atoms with Crippen molar-refractivity contribution in [1.82, 2.24) is 21.0 Å². The molecule has 1 aromatic rings. The van der Waals surface area contributed by atoms with E-state index in [2.05, 4.69) is 20.9 Å². The average Bonchev–Trinajstić information content (AvgIpc) is 3.70. The molecule has 14 heteroatoms. The summed E-state index contributed by atoms with van der Waals surface area (Å²) in [5.74, 6) is -1.95. The van der Waals surface area contributed by atoms with Crippen LogP contribution < -0.4 is 27.4 Å². The van der Waals surface area contributed by atoms with Crippen molar-refractivity contribution in [3.8, 4) is 0 Å². The Kier molecular flexibility index (Phi) is 13.5. The van der Waals surface area contributed by atoms with Crippen LogP contribution in [0.25, 0.3) is 0 Å². The lowest BCUT2D eigenvalue weighted by molar-refractivity contribution is -0.135. The van der Waals surface area contributed by atoms with E-state index >= 15 is 0 Å². The second-order valence-corrected chi connectivity index (χ2v) is 9.57. The molecule has 2 rings (SSSR count). The molecule has 0 radical (unpaired) electrons. The number of carbonyl (C=O) groups excluding carboxylic acids is 4. The van der Waals surface area contributed by atoms with Gasteiger partial charge in [-0.2, -0.15) is 0 Å². The number of nitrogens with two attached hydrogens (primary N) is 2. The van der Waals surface area contributed by atoms with Gasteiger partial charge < -0.3 is 42.1 Å². The smallest absolute Gasteiger partial charge is 0.260 e. The van der Waals surface area contributed by atoms with Crippen molar-refractivity contribution in [2.24, 2.45) is 22.4 Å². The zero-order valence-corrected chi connectivity index (χ0v) is 23.1. The van der Waals surface area contributed by atoms with E-state index < -0.39 is 54.9 Å². The maximum Gasteiger partial charge on any atom is 0.260 e. The van der Waals surface area contributed by atoms with Crippen LogP contribution in [0.1, 0.15) is 45.6 Å². The molecule has 0 spiro atoms. The molecule has 3 amide bonds. The highest BCUT2D eigenvalue weighted by atomic mass is 17.0. The van der Waals surface area contributed by atoms with Crippen LogP contribution in [0.5, 0.6) is 0 Å². The van der Waals surface area contributed by atoms with Crippen molar-refractivity contribution in [2.75, 3.05) is 13.2 Å². The van der Waals surface area contributed by atoms with Gasteiger partial charge in [-0.3, -0.25) is 19.4 Å². The van der Waals surface area contributed by atoms with Crippen LogP contribution in [0.15, 0.2) is 35.3 Å². The number of hydrogen-bond donors (Lipinski definition) is 6. The Morgan fingerprint density at radius 1 is 1.12 bits per heavy atom. The van der Waals surface area contributed by atoms with Gasteiger partial charge in [0.05, 0.1) is 13.2 Å². The summed E-state index contributed by atoms with van der Waals surface area (Å²) in [5.41, 5.74) is 11.6. The van der Waals surface area contributed by atoms with Gasteiger partial charge in [0.1, 0.15) is 30.5 Å². The summed E-state index contributed by atoms with van der Waals surface area (Å²) in [4.78, 5) is 59.3. The van der Waals surface area contributed by atoms with Gasteiger partial charge in [0.2, 0.25) is 17.7 Å². The highest BCUT2D eigenvalue weighted by molar-refractivity contribution is 5.93. The number of benzene rings is 1. The van der Waals surface area contributed by atoms with E-state index in [0.29, 0.717) is 25.7 Å². The molecule has 1 saturated heterocycles. The summed E-state index contributed by atoms with van der Waals surface area (Å²) in [6.45, 7) is 5.25. The molecule has 0 bridgehead atoms. The third-order valence-corrected chi connectivity index (χ3v) is 6.35. The SMILES string of the molecule is CC[C@H](C)[C@@H](C(=O)N[C@@H](C)C(=O)N[C@@H](CCCN=C(N)N)C(=O)N[C@H](C=O)CO)N1OC1OCc1ccccc1. The number of amides is 3. The van der Waals surface area contributed by atoms with Crippen LogP contribution in [0.4, 0.5) is 0 Å². The number of aliphatic hydroxyl groups excluding tert-OH is 1. The van der Waals surface area contributed by atoms with E-state index in [1.165, 1.54) is 12.0 Å². The molecular weight excluding hydrogens is 522 g/mol. The zero-order valence-electron chi connectivity index (χ0n) is 23.1. The summed E-state index contributed by atoms with van der Waals surface area (Å²) in [6.07, 6.45) is 0.855. The Morgan fingerprint density at radius 3 is 2.42 bits per heavy atom. The molecule has 1 fully saturated rings. The molecule has 14 nitrogen and oxygen atoms in total. The van der Waals surface area contributed by atoms with Crippen molar-refractivity contribution >= 4 is 30.0 Å². The summed E-state index contributed by atoms with van der Waals surface area (Å²) in [7, 11) is 0. The van der Waals surface area contributed by atoms with Gasteiger partial charge in [0.15, 0.2) is 5.96 Å². The summed E-state index contributed by atoms with van der Waals surface area (Å²) in [5, 5.41) is 18.3. The molecule has 0 saturated carbocycles. The maximum atomic E-state index is 13.2. The van der Waals surface area contributed by atoms with Crippen LogP contribution in [0, 0.1) is 5.92 Å². The number of aliphatic hydroxyl groups is 1. The minimum absolute atomic E-state index is 0.110. The molecule has 2 unspecified atom stereocenters. The summed E-state index contributed by atoms with van der Waals surface area (Å²) < 4.78 is 5.75. The van der Waals surface area contributed by atoms with Crippen LogP contribution in [0.2, 0.25) is 0 Å². The minimum atomic E-state index is -1.12. The number of aldehydes is 1. The zero-order chi connectivity index (χ0) is 29.7. The van der Waals surface area contributed by atoms with Gasteiger partial charge in [-0.15, -0.1) is 5.06 Å². The van der Waals surface area contributed by atoms with Gasteiger partial charge in [-0.25, -0.2) is 4.84 Å². The number of hydroxylamine groups is 2. The third kappa shape index (κ3) is 10.5. The first-order valence-electron chi connectivity index (χ1n) is 13.2. The largest absolute Gasteiger partial charge is 0.394 e. The van der Waals surface area contributed by atoms with E-state index in [-0.39, 0.29) is 24.8 Å². The fourth-order valence-corrected chi connectivity index (χ4v) is 3.81. The third-order valence-electron chi connectivity index (χ3n) is 6.35. The molecule has 1 aromatic carbocycles. The van der Waals surface area contributed by atoms with E-state index in [1.54, 1.807) is 0 Å². The van der Waals surface area contributed by atoms with Crippen molar-refractivity contribution < 1.29 is 33.9 Å². The predicted octanol–water partition coefficient (Wildman–Crippen LogP) is -1.13. The fourth-order valence-electron chi connectivity index (χ4n) is 3.81. The van der Waals surface area contributed by atoms with Crippen LogP contribution >= 0.6 is 0 Å². The van der Waals surface area contributed by atoms with Crippen LogP contribution in [-0.4, -0.2) is 83.9 Å². The highest BCUT2D eigenvalue weighted by Crippen LogP contribution is 2.31. The number of nitrogens with zero attached hydrogens (tertiary/aromatic N) is 2. The van der Waals surface area contributed by atoms with Crippen molar-refractivity contribution in [3.63, 3.8) is 0 Å². The molecule has 1 heterocycles. The Bertz CT molecular complexity index is 1010. The summed E-state index contributed by atoms with van der Waals surface area (Å²) >= 11 is 0. The van der Waals surface area contributed by atoms with E-state index in [9.17, 15) is 24.3 Å². The predicted molar refractivity (Wildman–Crippen MR) is 146 cm³/mol. The number of carbonyl (C=O) groups is 4. The molecule has 8 N–H and O–H groups in total. The van der Waals surface area contributed by atoms with Crippen LogP contribution in [0.3, 0.4) is 0 Å². The molecule has 0 aliphatic carbocycles. The van der Waals surface area contributed by atoms with Crippen LogP contribution in [-0.2, 0) is 35.4 Å². The molecule has 1 aliphatic heterocycles. The highest BCUT2D eigenvalue weighted by Gasteiger charge is 2.49. The normalized spacial score (nSPS) is 19.7. The maximum absolute atomic E-state index is 13.2. The topological polar surface area (TPSA) is 214 Å². The molecule has 222 valence electrons. The standard InChI is InChI=1S/C26H41N7O7/c1-4-16(2)21(33-26(40-33)39-15-18-9-6-5-7-10-18)24(38)30-17(3)22(36)32-20(11-8-12-29-25(27)28)23(37)31-19(13-34)14-35/h5-7,9-10,13,16-17,19-21,26,35H,4,8,11-12,14-15H2,1-3H3,(H,30,38)(H,31,37)(H,32,36)(H4,27,28,29)/t16-,17-,19+,20-,21-,26?,33?/m0/s1. The van der Waals surface area contributed by atoms with Gasteiger partial charge in [0, 0.05) is 6.54 Å². The average molecular weight is 564 g/mol. The van der Waals surface area contributed by atoms with Gasteiger partial charge in [-0.05, 0) is 31.2 Å². The lowest BCUT2D eigenvalue weighted by atomic mass is 9.98. The van der Waals surface area contributed by atoms with E-state index in [4.69, 9.17) is 21.0 Å². The molecular formula is C26H41N7O7. The first-order chi connectivity index (χ1) is 19.1. The number of ether oxygens (including phenoxy) is 1. The van der Waals surface area contributed by atoms with Gasteiger partial charge in [-0.1, -0.05) is 50.6 Å². The second-order valence-electron chi connectivity index (χ2n) is 9.57. The Labute approximate surface area is 233 Å². The minimum Gasteiger partial charge on any atom is -0.394 e. The van der Waals surface area contributed by atoms with Gasteiger partial charge >= 0.3 is 0 Å². The Balaban J connectivity index is 1.99. The van der Waals surface area contributed by atoms with E-state index in [1.807, 2.05) is 44.2 Å². The molecule has 7 atom stereocenters. The van der Waals surface area contributed by atoms with Crippen molar-refractivity contribution in [3.05, 3.63) is 35.9 Å². The monoisotopic (exact) mass is 563 g/mol. The Hall–Kier alpha value is -3.59. The number of guanidine groups is 1. The van der Waals surface area contributed by atoms with E-state index in [0.717, 1.165) is 5.56 Å². The summed E-state index contributed by atoms with van der Waals surface area (Å²) in [6, 6.07) is 5.64. The number of hydrogen-bond acceptors (Lipinski definition) is 9. The fraction of sp³-hybridized carbons (Fsp3) is 0.577. The van der Waals surface area contributed by atoms with Crippen molar-refractivity contribution in [1.29, 1.82) is 0 Å². The molecule has 0 aromatic heterocycles. The van der Waals surface area contributed by atoms with Crippen molar-refractivity contribution in [2.45, 2.75) is 77.2 Å². The Morgan fingerprint density at radius 2 is 1.82 bits per heavy atom. The van der Waals surface area contributed by atoms with Gasteiger partial charge in [0.25, 0.3) is 6.41 Å². The molecule has 1 aliphatic rings. The number of nitrogens with one attached hydrogen (secondary N) is 3. The quantitative estimate of drug-likeness (QED) is 0.0415. The number of aliphatic imine (C=N–C) groups is 1. The lowest BCUT2D eigenvalue weighted by Crippen LogP contribution is -2.56. The second kappa shape index (κ2) is 16.5. The molecule has 40 heavy (non-hydrogen) atoms.